The molecule has 0 saturated heterocycles. The molecule has 0 aliphatic heterocycles. The molecule has 0 spiro atoms. The third kappa shape index (κ3) is 2.17. The fourth-order valence-corrected chi connectivity index (χ4v) is 1.31. The van der Waals surface area contributed by atoms with Gasteiger partial charge in [-0.2, -0.15) is 0 Å². The summed E-state index contributed by atoms with van der Waals surface area (Å²) in [6, 6.07) is 3.69. The normalized spacial score (nSPS) is 10.0. The highest BCUT2D eigenvalue weighted by Gasteiger charge is 2.02. The van der Waals surface area contributed by atoms with Crippen LogP contribution in [0, 0.1) is 0 Å². The van der Waals surface area contributed by atoms with Crippen molar-refractivity contribution < 1.29 is 14.9 Å². The van der Waals surface area contributed by atoms with Gasteiger partial charge in [0.25, 0.3) is 0 Å². The molecule has 0 amide bonds. The summed E-state index contributed by atoms with van der Waals surface area (Å²) in [5.74, 6) is -1.37. The second-order valence-electron chi connectivity index (χ2n) is 3.13. The Hall–Kier alpha value is -2.37. The van der Waals surface area contributed by atoms with Gasteiger partial charge in [0.1, 0.15) is 5.97 Å². The van der Waals surface area contributed by atoms with Gasteiger partial charge in [-0.05, 0) is 0 Å². The summed E-state index contributed by atoms with van der Waals surface area (Å²) in [7, 11) is 0. The highest BCUT2D eigenvalue weighted by Crippen LogP contribution is 2.03. The summed E-state index contributed by atoms with van der Waals surface area (Å²) >= 11 is 0. The van der Waals surface area contributed by atoms with E-state index in [4.69, 9.17) is 0 Å². The van der Waals surface area contributed by atoms with Crippen LogP contribution in [0.5, 0.6) is 0 Å². The zero-order valence-corrected chi connectivity index (χ0v) is 8.38. The largest absolute Gasteiger partial charge is 0.542 e. The van der Waals surface area contributed by atoms with Crippen LogP contribution in [0.25, 0.3) is 0 Å². The molecule has 0 unspecified atom stereocenters. The van der Waals surface area contributed by atoms with E-state index in [-0.39, 0.29) is 5.82 Å². The molecule has 2 heterocycles. The number of nitrogens with zero attached hydrogens (tertiary/aromatic N) is 2. The Kier molecular flexibility index (Phi) is 2.81. The minimum Gasteiger partial charge on any atom is -0.542 e. The maximum Gasteiger partial charge on any atom is 0.169 e. The van der Waals surface area contributed by atoms with Crippen molar-refractivity contribution in [1.29, 1.82) is 0 Å². The molecule has 16 heavy (non-hydrogen) atoms. The fourth-order valence-electron chi connectivity index (χ4n) is 1.31. The number of aromatic nitrogens is 3. The highest BCUT2D eigenvalue weighted by atomic mass is 16.4. The third-order valence-electron chi connectivity index (χ3n) is 2.07. The number of carboxylic acids is 1. The van der Waals surface area contributed by atoms with Gasteiger partial charge in [-0.15, -0.1) is 0 Å². The van der Waals surface area contributed by atoms with Crippen molar-refractivity contribution in [3.8, 4) is 0 Å². The van der Waals surface area contributed by atoms with Crippen LogP contribution in [0.4, 0.5) is 5.69 Å². The number of pyridine rings is 1. The van der Waals surface area contributed by atoms with Crippen LogP contribution >= 0.6 is 0 Å². The molecule has 0 aliphatic carbocycles. The van der Waals surface area contributed by atoms with Crippen LogP contribution in [0.15, 0.2) is 36.9 Å². The van der Waals surface area contributed by atoms with Gasteiger partial charge in [-0.3, -0.25) is 0 Å². The predicted molar refractivity (Wildman–Crippen MR) is 53.2 cm³/mol. The molecule has 2 aromatic heterocycles. The number of imidazole rings is 1. The van der Waals surface area contributed by atoms with Crippen molar-refractivity contribution >= 4 is 11.7 Å². The monoisotopic (exact) mass is 218 g/mol. The summed E-state index contributed by atoms with van der Waals surface area (Å²) in [6.07, 6.45) is 6.55. The molecule has 0 saturated carbocycles. The first-order valence-electron chi connectivity index (χ1n) is 4.70. The van der Waals surface area contributed by atoms with Gasteiger partial charge in [0.15, 0.2) is 18.2 Å². The van der Waals surface area contributed by atoms with Crippen LogP contribution in [0.3, 0.4) is 0 Å². The molecule has 82 valence electrons. The Balaban J connectivity index is 2.05. The Labute approximate surface area is 91.6 Å². The molecule has 0 radical (unpaired) electrons. The minimum atomic E-state index is -1.28. The second-order valence-corrected chi connectivity index (χ2v) is 3.13. The molecular weight excluding hydrogens is 208 g/mol. The van der Waals surface area contributed by atoms with E-state index in [0.29, 0.717) is 6.67 Å². The van der Waals surface area contributed by atoms with E-state index in [0.717, 1.165) is 5.69 Å². The number of nitrogens with one attached hydrogen (secondary N) is 2. The standard InChI is InChI=1S/C10H10N4O2/c15-10(16)9-12-5-6-14(9)7-13-8-1-3-11-4-2-8/h1-6H,7H2,(H,11,13)(H,15,16). The number of aromatic amines is 1. The third-order valence-corrected chi connectivity index (χ3v) is 2.07. The number of carbonyl (C=O) groups is 1. The fraction of sp³-hybridized carbons (Fsp3) is 0.100. The zero-order valence-electron chi connectivity index (χ0n) is 8.38. The van der Waals surface area contributed by atoms with Crippen molar-refractivity contribution in [2.45, 2.75) is 6.67 Å². The van der Waals surface area contributed by atoms with Crippen LogP contribution in [0.1, 0.15) is 10.6 Å². The second kappa shape index (κ2) is 4.43. The zero-order chi connectivity index (χ0) is 11.4. The molecule has 0 fully saturated rings. The van der Waals surface area contributed by atoms with Gasteiger partial charge in [-0.25, -0.2) is 9.97 Å². The van der Waals surface area contributed by atoms with Crippen LogP contribution in [-0.2, 0) is 6.67 Å². The van der Waals surface area contributed by atoms with Crippen LogP contribution in [0.2, 0.25) is 0 Å². The first-order chi connectivity index (χ1) is 7.77. The Bertz CT molecular complexity index is 481. The molecule has 6 nitrogen and oxygen atoms in total. The molecule has 0 aliphatic rings. The number of H-pyrrole nitrogens is 1. The molecule has 2 rings (SSSR count). The van der Waals surface area contributed by atoms with Crippen LogP contribution < -0.4 is 15.4 Å². The first kappa shape index (κ1) is 10.2. The molecule has 2 aromatic rings. The quantitative estimate of drug-likeness (QED) is 0.723. The van der Waals surface area contributed by atoms with Crippen molar-refractivity contribution in [3.05, 3.63) is 42.7 Å². The summed E-state index contributed by atoms with van der Waals surface area (Å²) in [4.78, 5) is 17.2. The Morgan fingerprint density at radius 1 is 1.50 bits per heavy atom. The van der Waals surface area contributed by atoms with E-state index in [1.54, 1.807) is 18.6 Å². The maximum atomic E-state index is 10.7. The predicted octanol–water partition coefficient (Wildman–Crippen LogP) is -0.870. The van der Waals surface area contributed by atoms with E-state index in [1.165, 1.54) is 10.8 Å². The van der Waals surface area contributed by atoms with Crippen LogP contribution in [-0.4, -0.2) is 15.5 Å². The molecular formula is C10H10N4O2. The van der Waals surface area contributed by atoms with E-state index in [9.17, 15) is 9.90 Å². The lowest BCUT2D eigenvalue weighted by Gasteiger charge is -2.09. The van der Waals surface area contributed by atoms with Crippen molar-refractivity contribution in [2.24, 2.45) is 0 Å². The smallest absolute Gasteiger partial charge is 0.169 e. The number of hydrogen-bond acceptors (Lipinski definition) is 4. The molecule has 0 bridgehead atoms. The van der Waals surface area contributed by atoms with Gasteiger partial charge in [0, 0.05) is 30.2 Å². The van der Waals surface area contributed by atoms with Gasteiger partial charge < -0.3 is 19.8 Å². The lowest BCUT2D eigenvalue weighted by Crippen LogP contribution is -2.27. The minimum absolute atomic E-state index is 0.0880. The lowest BCUT2D eigenvalue weighted by molar-refractivity contribution is -0.377. The number of rotatable bonds is 4. The number of carbonyl (C=O) groups excluding carboxylic acids is 1. The lowest BCUT2D eigenvalue weighted by atomic mass is 10.4. The molecule has 0 atom stereocenters. The van der Waals surface area contributed by atoms with Gasteiger partial charge in [-0.1, -0.05) is 0 Å². The highest BCUT2D eigenvalue weighted by molar-refractivity contribution is 5.81. The average molecular weight is 218 g/mol. The maximum absolute atomic E-state index is 10.7. The Morgan fingerprint density at radius 2 is 2.25 bits per heavy atom. The van der Waals surface area contributed by atoms with Gasteiger partial charge in [0.2, 0.25) is 0 Å². The number of anilines is 1. The number of aromatic carboxylic acids is 1. The summed E-state index contributed by atoms with van der Waals surface area (Å²) in [6.45, 7) is 0.327. The van der Waals surface area contributed by atoms with E-state index in [1.807, 2.05) is 12.1 Å². The molecule has 6 heteroatoms. The molecule has 2 N–H and O–H groups in total. The topological polar surface area (TPSA) is 84.1 Å². The van der Waals surface area contributed by atoms with E-state index in [2.05, 4.69) is 15.3 Å². The number of carboxylic acid groups (broad SMARTS) is 1. The van der Waals surface area contributed by atoms with Crippen molar-refractivity contribution in [1.82, 2.24) is 9.55 Å². The number of hydrogen-bond donors (Lipinski definition) is 1. The SMILES string of the molecule is O=C([O-])c1nccn1CNc1cc[nH+]cc1. The average Bonchev–Trinajstić information content (AvgIpc) is 2.76. The van der Waals surface area contributed by atoms with E-state index >= 15 is 0 Å². The molecule has 0 aromatic carbocycles. The van der Waals surface area contributed by atoms with Gasteiger partial charge >= 0.3 is 0 Å². The first-order valence-corrected chi connectivity index (χ1v) is 4.70. The van der Waals surface area contributed by atoms with Crippen molar-refractivity contribution in [3.63, 3.8) is 0 Å². The Morgan fingerprint density at radius 3 is 2.94 bits per heavy atom. The summed E-state index contributed by atoms with van der Waals surface area (Å²) in [5.41, 5.74) is 0.886. The summed E-state index contributed by atoms with van der Waals surface area (Å²) in [5, 5.41) is 13.7. The van der Waals surface area contributed by atoms with Gasteiger partial charge in [0.05, 0.1) is 6.67 Å². The van der Waals surface area contributed by atoms with Crippen molar-refractivity contribution in [2.75, 3.05) is 5.32 Å². The summed E-state index contributed by atoms with van der Waals surface area (Å²) < 4.78 is 1.46. The van der Waals surface area contributed by atoms with E-state index < -0.39 is 5.97 Å².